The largest absolute Gasteiger partial charge is 0.394 e. The highest BCUT2D eigenvalue weighted by Crippen LogP contribution is 2.13. The highest BCUT2D eigenvalue weighted by Gasteiger charge is 2.32. The van der Waals surface area contributed by atoms with E-state index in [4.69, 9.17) is 14.9 Å². The predicted octanol–water partition coefficient (Wildman–Crippen LogP) is 1.86. The maximum Gasteiger partial charge on any atom is 0.114 e. The number of hydrogen-bond donors (Lipinski definition) is 5. The highest BCUT2D eigenvalue weighted by atomic mass is 16.5. The zero-order valence-corrected chi connectivity index (χ0v) is 17.1. The quantitative estimate of drug-likeness (QED) is 0.292. The zero-order chi connectivity index (χ0) is 20.8. The molecule has 4 atom stereocenters. The van der Waals surface area contributed by atoms with Gasteiger partial charge < -0.3 is 30.3 Å². The SMILES string of the molecule is CC(C)=CCCC(C)=CCCC(C)=CCOC(C(O)CO)C(O)C(O)CO. The van der Waals surface area contributed by atoms with Crippen LogP contribution in [0, 0.1) is 0 Å². The maximum atomic E-state index is 9.91. The molecule has 0 aromatic heterocycles. The van der Waals surface area contributed by atoms with E-state index in [0.29, 0.717) is 0 Å². The first kappa shape index (κ1) is 26.0. The number of allylic oxidation sites excluding steroid dienone is 5. The fourth-order valence-electron chi connectivity index (χ4n) is 2.51. The first-order valence-electron chi connectivity index (χ1n) is 9.55. The smallest absolute Gasteiger partial charge is 0.114 e. The van der Waals surface area contributed by atoms with E-state index in [1.54, 1.807) is 0 Å². The summed E-state index contributed by atoms with van der Waals surface area (Å²) in [7, 11) is 0. The van der Waals surface area contributed by atoms with E-state index in [0.717, 1.165) is 31.3 Å². The summed E-state index contributed by atoms with van der Waals surface area (Å²) >= 11 is 0. The van der Waals surface area contributed by atoms with Crippen molar-refractivity contribution in [2.24, 2.45) is 0 Å². The van der Waals surface area contributed by atoms with E-state index in [1.165, 1.54) is 11.1 Å². The van der Waals surface area contributed by atoms with Crippen LogP contribution >= 0.6 is 0 Å². The molecule has 6 nitrogen and oxygen atoms in total. The van der Waals surface area contributed by atoms with Crippen molar-refractivity contribution in [2.75, 3.05) is 19.8 Å². The second-order valence-corrected chi connectivity index (χ2v) is 7.25. The van der Waals surface area contributed by atoms with Crippen molar-refractivity contribution in [2.45, 2.75) is 77.8 Å². The molecule has 0 saturated heterocycles. The molecular weight excluding hydrogens is 348 g/mol. The Balaban J connectivity index is 4.43. The number of aliphatic hydroxyl groups is 5. The van der Waals surface area contributed by atoms with Gasteiger partial charge in [-0.3, -0.25) is 0 Å². The number of aliphatic hydroxyl groups excluding tert-OH is 5. The number of ether oxygens (including phenoxy) is 1. The highest BCUT2D eigenvalue weighted by molar-refractivity contribution is 5.05. The summed E-state index contributed by atoms with van der Waals surface area (Å²) in [5, 5.41) is 47.2. The topological polar surface area (TPSA) is 110 Å². The van der Waals surface area contributed by atoms with Crippen LogP contribution in [0.2, 0.25) is 0 Å². The molecule has 27 heavy (non-hydrogen) atoms. The summed E-state index contributed by atoms with van der Waals surface area (Å²) in [5.41, 5.74) is 3.81. The maximum absolute atomic E-state index is 9.91. The van der Waals surface area contributed by atoms with Gasteiger partial charge in [-0.2, -0.15) is 0 Å². The lowest BCUT2D eigenvalue weighted by molar-refractivity contribution is -0.144. The van der Waals surface area contributed by atoms with E-state index in [2.05, 4.69) is 32.9 Å². The van der Waals surface area contributed by atoms with Gasteiger partial charge in [0.05, 0.1) is 19.8 Å². The fraction of sp³-hybridized carbons (Fsp3) is 0.714. The second-order valence-electron chi connectivity index (χ2n) is 7.25. The molecule has 0 heterocycles. The van der Waals surface area contributed by atoms with Gasteiger partial charge in [0.2, 0.25) is 0 Å². The summed E-state index contributed by atoms with van der Waals surface area (Å²) in [4.78, 5) is 0. The average molecular weight is 387 g/mol. The summed E-state index contributed by atoms with van der Waals surface area (Å²) < 4.78 is 5.42. The first-order chi connectivity index (χ1) is 12.7. The lowest BCUT2D eigenvalue weighted by Crippen LogP contribution is -2.48. The van der Waals surface area contributed by atoms with E-state index in [-0.39, 0.29) is 6.61 Å². The lowest BCUT2D eigenvalue weighted by Gasteiger charge is -2.28. The Morgan fingerprint density at radius 1 is 0.778 bits per heavy atom. The van der Waals surface area contributed by atoms with Crippen LogP contribution in [0.25, 0.3) is 0 Å². The van der Waals surface area contributed by atoms with Crippen LogP contribution in [-0.2, 0) is 4.74 Å². The summed E-state index contributed by atoms with van der Waals surface area (Å²) in [6, 6.07) is 0. The van der Waals surface area contributed by atoms with Crippen LogP contribution in [-0.4, -0.2) is 69.8 Å². The number of hydrogen-bond acceptors (Lipinski definition) is 6. The van der Waals surface area contributed by atoms with Crippen molar-refractivity contribution >= 4 is 0 Å². The molecular formula is C21H38O6. The van der Waals surface area contributed by atoms with Gasteiger partial charge in [-0.05, 0) is 53.4 Å². The molecule has 0 amide bonds. The molecule has 0 aliphatic rings. The lowest BCUT2D eigenvalue weighted by atomic mass is 10.0. The average Bonchev–Trinajstić information content (AvgIpc) is 2.63. The Labute approximate surface area is 163 Å². The molecule has 158 valence electrons. The number of rotatable bonds is 14. The fourth-order valence-corrected chi connectivity index (χ4v) is 2.51. The third-order valence-corrected chi connectivity index (χ3v) is 4.33. The normalized spacial score (nSPS) is 17.4. The molecule has 0 saturated carbocycles. The minimum Gasteiger partial charge on any atom is -0.394 e. The van der Waals surface area contributed by atoms with E-state index in [1.807, 2.05) is 13.0 Å². The molecule has 0 aliphatic heterocycles. The van der Waals surface area contributed by atoms with Gasteiger partial charge in [0, 0.05) is 0 Å². The van der Waals surface area contributed by atoms with Gasteiger partial charge in [-0.15, -0.1) is 0 Å². The molecule has 0 aromatic carbocycles. The van der Waals surface area contributed by atoms with Gasteiger partial charge >= 0.3 is 0 Å². The van der Waals surface area contributed by atoms with Crippen LogP contribution in [0.5, 0.6) is 0 Å². The Morgan fingerprint density at radius 2 is 1.30 bits per heavy atom. The predicted molar refractivity (Wildman–Crippen MR) is 107 cm³/mol. The molecule has 0 aromatic rings. The van der Waals surface area contributed by atoms with Crippen molar-refractivity contribution in [3.8, 4) is 0 Å². The minimum atomic E-state index is -1.49. The van der Waals surface area contributed by atoms with Crippen molar-refractivity contribution in [3.05, 3.63) is 34.9 Å². The van der Waals surface area contributed by atoms with E-state index >= 15 is 0 Å². The molecule has 4 unspecified atom stereocenters. The van der Waals surface area contributed by atoms with Gasteiger partial charge in [0.25, 0.3) is 0 Å². The van der Waals surface area contributed by atoms with Crippen molar-refractivity contribution in [1.29, 1.82) is 0 Å². The van der Waals surface area contributed by atoms with Gasteiger partial charge in [0.15, 0.2) is 0 Å². The molecule has 0 radical (unpaired) electrons. The van der Waals surface area contributed by atoms with Gasteiger partial charge in [-0.25, -0.2) is 0 Å². The molecule has 5 N–H and O–H groups in total. The standard InChI is InChI=1S/C21H38O6/c1-15(2)7-5-8-16(3)9-6-10-17(4)11-12-27-21(19(25)14-23)20(26)18(24)13-22/h7,9,11,18-26H,5-6,8,10,12-14H2,1-4H3. The third kappa shape index (κ3) is 12.1. The van der Waals surface area contributed by atoms with Crippen LogP contribution < -0.4 is 0 Å². The molecule has 0 spiro atoms. The zero-order valence-electron chi connectivity index (χ0n) is 17.1. The van der Waals surface area contributed by atoms with Crippen molar-refractivity contribution < 1.29 is 30.3 Å². The molecule has 0 bridgehead atoms. The third-order valence-electron chi connectivity index (χ3n) is 4.33. The van der Waals surface area contributed by atoms with Crippen molar-refractivity contribution in [3.63, 3.8) is 0 Å². The first-order valence-corrected chi connectivity index (χ1v) is 9.55. The molecule has 6 heteroatoms. The molecule has 0 rings (SSSR count). The van der Waals surface area contributed by atoms with E-state index in [9.17, 15) is 15.3 Å². The Kier molecular flexibility index (Phi) is 14.4. The summed E-state index contributed by atoms with van der Waals surface area (Å²) in [6.07, 6.45) is 4.78. The van der Waals surface area contributed by atoms with Crippen LogP contribution in [0.4, 0.5) is 0 Å². The van der Waals surface area contributed by atoms with E-state index < -0.39 is 37.6 Å². The van der Waals surface area contributed by atoms with Crippen LogP contribution in [0.1, 0.15) is 53.4 Å². The molecule has 0 aliphatic carbocycles. The van der Waals surface area contributed by atoms with Crippen LogP contribution in [0.15, 0.2) is 34.9 Å². The molecule has 0 fully saturated rings. The Hall–Kier alpha value is -1.02. The monoisotopic (exact) mass is 386 g/mol. The summed E-state index contributed by atoms with van der Waals surface area (Å²) in [5.74, 6) is 0. The second kappa shape index (κ2) is 15.0. The van der Waals surface area contributed by atoms with Crippen molar-refractivity contribution in [1.82, 2.24) is 0 Å². The van der Waals surface area contributed by atoms with Gasteiger partial charge in [-0.1, -0.05) is 34.9 Å². The Morgan fingerprint density at radius 3 is 1.81 bits per heavy atom. The Bertz CT molecular complexity index is 479. The van der Waals surface area contributed by atoms with Crippen LogP contribution in [0.3, 0.4) is 0 Å². The van der Waals surface area contributed by atoms with Gasteiger partial charge in [0.1, 0.15) is 24.4 Å². The summed E-state index contributed by atoms with van der Waals surface area (Å²) in [6.45, 7) is 7.17. The minimum absolute atomic E-state index is 0.131.